The largest absolute Gasteiger partial charge is 0.497 e. The Labute approximate surface area is 246 Å². The zero-order valence-corrected chi connectivity index (χ0v) is 24.0. The standard InChI is InChI=1S/C35H34N2O5/c1-37-33(27-16-20-30(39-3)21-17-27)32(26-14-18-29(38-2)19-15-26)36-34(37)35(28-12-8-5-9-13-28)41-24-31(42-35)23-40-22-25-10-6-4-7-11-25/h4-21,31H,22-24H2,1-3H3/t31-,35+/m0/s1. The van der Waals surface area contributed by atoms with Crippen molar-refractivity contribution < 1.29 is 23.7 Å². The summed E-state index contributed by atoms with van der Waals surface area (Å²) in [6.45, 7) is 1.27. The lowest BCUT2D eigenvalue weighted by Gasteiger charge is -2.28. The number of methoxy groups -OCH3 is 2. The van der Waals surface area contributed by atoms with Crippen LogP contribution in [0.1, 0.15) is 17.0 Å². The van der Waals surface area contributed by atoms with Crippen LogP contribution < -0.4 is 9.47 Å². The van der Waals surface area contributed by atoms with Crippen LogP contribution >= 0.6 is 0 Å². The fourth-order valence-corrected chi connectivity index (χ4v) is 5.36. The predicted molar refractivity (Wildman–Crippen MR) is 161 cm³/mol. The van der Waals surface area contributed by atoms with Crippen LogP contribution in [0, 0.1) is 0 Å². The number of nitrogens with zero attached hydrogens (tertiary/aromatic N) is 2. The molecule has 1 aliphatic rings. The molecule has 0 saturated carbocycles. The summed E-state index contributed by atoms with van der Waals surface area (Å²) >= 11 is 0. The second-order valence-electron chi connectivity index (χ2n) is 10.2. The summed E-state index contributed by atoms with van der Waals surface area (Å²) in [4.78, 5) is 5.25. The van der Waals surface area contributed by atoms with Crippen molar-refractivity contribution in [2.45, 2.75) is 18.5 Å². The molecule has 0 amide bonds. The summed E-state index contributed by atoms with van der Waals surface area (Å²) in [5, 5.41) is 0. The van der Waals surface area contributed by atoms with E-state index in [0.717, 1.165) is 45.1 Å². The van der Waals surface area contributed by atoms with Gasteiger partial charge in [-0.15, -0.1) is 0 Å². The van der Waals surface area contributed by atoms with Crippen molar-refractivity contribution in [3.8, 4) is 34.0 Å². The molecule has 0 bridgehead atoms. The van der Waals surface area contributed by atoms with Gasteiger partial charge in [-0.3, -0.25) is 0 Å². The van der Waals surface area contributed by atoms with Gasteiger partial charge in [0.1, 0.15) is 17.6 Å². The molecule has 0 spiro atoms. The molecule has 7 heteroatoms. The molecule has 2 atom stereocenters. The van der Waals surface area contributed by atoms with E-state index in [-0.39, 0.29) is 6.10 Å². The van der Waals surface area contributed by atoms with Gasteiger partial charge in [-0.1, -0.05) is 60.7 Å². The molecule has 214 valence electrons. The summed E-state index contributed by atoms with van der Waals surface area (Å²) in [6, 6.07) is 36.0. The Morgan fingerprint density at radius 1 is 0.786 bits per heavy atom. The Morgan fingerprint density at radius 2 is 1.38 bits per heavy atom. The highest BCUT2D eigenvalue weighted by atomic mass is 16.8. The number of ether oxygens (including phenoxy) is 5. The van der Waals surface area contributed by atoms with E-state index in [0.29, 0.717) is 25.6 Å². The van der Waals surface area contributed by atoms with Crippen molar-refractivity contribution in [2.75, 3.05) is 27.4 Å². The lowest BCUT2D eigenvalue weighted by Crippen LogP contribution is -2.33. The van der Waals surface area contributed by atoms with Crippen molar-refractivity contribution in [1.82, 2.24) is 9.55 Å². The van der Waals surface area contributed by atoms with Crippen LogP contribution in [-0.4, -0.2) is 43.1 Å². The summed E-state index contributed by atoms with van der Waals surface area (Å²) in [6.07, 6.45) is -0.278. The molecule has 6 rings (SSSR count). The van der Waals surface area contributed by atoms with Crippen LogP contribution in [-0.2, 0) is 33.7 Å². The zero-order valence-electron chi connectivity index (χ0n) is 24.0. The van der Waals surface area contributed by atoms with Crippen LogP contribution in [0.5, 0.6) is 11.5 Å². The van der Waals surface area contributed by atoms with E-state index in [4.69, 9.17) is 28.7 Å². The van der Waals surface area contributed by atoms with Gasteiger partial charge in [0, 0.05) is 23.7 Å². The molecule has 7 nitrogen and oxygen atoms in total. The Morgan fingerprint density at radius 3 is 2.00 bits per heavy atom. The van der Waals surface area contributed by atoms with Crippen LogP contribution in [0.15, 0.2) is 109 Å². The van der Waals surface area contributed by atoms with Crippen molar-refractivity contribution in [3.63, 3.8) is 0 Å². The minimum Gasteiger partial charge on any atom is -0.497 e. The lowest BCUT2D eigenvalue weighted by molar-refractivity contribution is -0.156. The van der Waals surface area contributed by atoms with Crippen LogP contribution in [0.2, 0.25) is 0 Å². The normalized spacial score (nSPS) is 18.2. The van der Waals surface area contributed by atoms with Gasteiger partial charge >= 0.3 is 0 Å². The molecule has 1 aromatic heterocycles. The van der Waals surface area contributed by atoms with Gasteiger partial charge in [-0.25, -0.2) is 4.98 Å². The Bertz CT molecular complexity index is 1600. The molecule has 1 aliphatic heterocycles. The highest BCUT2D eigenvalue weighted by Gasteiger charge is 2.49. The van der Waals surface area contributed by atoms with E-state index in [9.17, 15) is 0 Å². The summed E-state index contributed by atoms with van der Waals surface area (Å²) in [5.74, 6) is 0.995. The van der Waals surface area contributed by atoms with Gasteiger partial charge in [-0.05, 0) is 54.1 Å². The molecule has 0 aliphatic carbocycles. The summed E-state index contributed by atoms with van der Waals surface area (Å²) in [5.41, 5.74) is 5.67. The van der Waals surface area contributed by atoms with Crippen LogP contribution in [0.25, 0.3) is 22.5 Å². The zero-order chi connectivity index (χ0) is 28.9. The van der Waals surface area contributed by atoms with Gasteiger partial charge in [-0.2, -0.15) is 0 Å². The third-order valence-electron chi connectivity index (χ3n) is 7.49. The van der Waals surface area contributed by atoms with E-state index < -0.39 is 5.79 Å². The van der Waals surface area contributed by atoms with E-state index >= 15 is 0 Å². The molecule has 0 unspecified atom stereocenters. The molecule has 0 radical (unpaired) electrons. The monoisotopic (exact) mass is 562 g/mol. The predicted octanol–water partition coefficient (Wildman–Crippen LogP) is 6.60. The molecule has 0 N–H and O–H groups in total. The first kappa shape index (κ1) is 27.7. The van der Waals surface area contributed by atoms with E-state index in [1.165, 1.54) is 0 Å². The maximum absolute atomic E-state index is 6.78. The van der Waals surface area contributed by atoms with Crippen molar-refractivity contribution in [2.24, 2.45) is 7.05 Å². The molecule has 5 aromatic rings. The van der Waals surface area contributed by atoms with E-state index in [2.05, 4.69) is 16.7 Å². The number of hydrogen-bond acceptors (Lipinski definition) is 6. The van der Waals surface area contributed by atoms with Gasteiger partial charge in [0.2, 0.25) is 0 Å². The second-order valence-corrected chi connectivity index (χ2v) is 10.2. The highest BCUT2D eigenvalue weighted by molar-refractivity contribution is 5.80. The SMILES string of the molecule is COc1ccc(-c2nc([C@]3(c4ccccc4)OC[C@H](COCc4ccccc4)O3)n(C)c2-c2ccc(OC)cc2)cc1. The molecule has 2 heterocycles. The molecule has 1 saturated heterocycles. The van der Waals surface area contributed by atoms with Gasteiger partial charge in [0.15, 0.2) is 5.82 Å². The van der Waals surface area contributed by atoms with Crippen molar-refractivity contribution in [3.05, 3.63) is 126 Å². The van der Waals surface area contributed by atoms with Gasteiger partial charge < -0.3 is 28.3 Å². The van der Waals surface area contributed by atoms with Crippen LogP contribution in [0.4, 0.5) is 0 Å². The average molecular weight is 563 g/mol. The minimum atomic E-state index is -1.22. The summed E-state index contributed by atoms with van der Waals surface area (Å²) < 4.78 is 32.3. The smallest absolute Gasteiger partial charge is 0.256 e. The highest BCUT2D eigenvalue weighted by Crippen LogP contribution is 2.44. The Hall–Kier alpha value is -4.43. The summed E-state index contributed by atoms with van der Waals surface area (Å²) in [7, 11) is 5.33. The number of aromatic nitrogens is 2. The van der Waals surface area contributed by atoms with E-state index in [1.807, 2.05) is 104 Å². The van der Waals surface area contributed by atoms with Gasteiger partial charge in [0.25, 0.3) is 5.79 Å². The fourth-order valence-electron chi connectivity index (χ4n) is 5.36. The maximum atomic E-state index is 6.78. The third-order valence-corrected chi connectivity index (χ3v) is 7.49. The quantitative estimate of drug-likeness (QED) is 0.191. The second kappa shape index (κ2) is 12.2. The molecule has 42 heavy (non-hydrogen) atoms. The maximum Gasteiger partial charge on any atom is 0.256 e. The number of rotatable bonds is 10. The number of benzene rings is 4. The fraction of sp³-hybridized carbons (Fsp3) is 0.229. The molecular formula is C35H34N2O5. The van der Waals surface area contributed by atoms with Crippen LogP contribution in [0.3, 0.4) is 0 Å². The minimum absolute atomic E-state index is 0.278. The Balaban J connectivity index is 1.41. The first-order valence-corrected chi connectivity index (χ1v) is 14.0. The number of hydrogen-bond donors (Lipinski definition) is 0. The molecule has 1 fully saturated rings. The lowest BCUT2D eigenvalue weighted by atomic mass is 10.0. The topological polar surface area (TPSA) is 64.0 Å². The Kier molecular flexibility index (Phi) is 8.06. The third kappa shape index (κ3) is 5.42. The molecule has 4 aromatic carbocycles. The average Bonchev–Trinajstić information content (AvgIpc) is 3.64. The van der Waals surface area contributed by atoms with E-state index in [1.54, 1.807) is 14.2 Å². The molecular weight excluding hydrogens is 528 g/mol. The van der Waals surface area contributed by atoms with Crippen molar-refractivity contribution in [1.29, 1.82) is 0 Å². The van der Waals surface area contributed by atoms with Gasteiger partial charge in [0.05, 0.1) is 45.4 Å². The number of imidazole rings is 1. The van der Waals surface area contributed by atoms with Crippen molar-refractivity contribution >= 4 is 0 Å². The first-order valence-electron chi connectivity index (χ1n) is 14.0. The first-order chi connectivity index (χ1) is 20.6.